The van der Waals surface area contributed by atoms with Crippen LogP contribution < -0.4 is 5.32 Å². The quantitative estimate of drug-likeness (QED) is 0.739. The lowest BCUT2D eigenvalue weighted by atomic mass is 9.68. The maximum Gasteiger partial charge on any atom is 0.0175 e. The van der Waals surface area contributed by atoms with Crippen molar-refractivity contribution in [2.45, 2.75) is 65.3 Å². The Hall–Kier alpha value is -0.820. The zero-order valence-electron chi connectivity index (χ0n) is 14.0. The van der Waals surface area contributed by atoms with Crippen LogP contribution in [0.1, 0.15) is 58.4 Å². The second-order valence-corrected chi connectivity index (χ2v) is 8.24. The first kappa shape index (κ1) is 15.1. The molecule has 3 unspecified atom stereocenters. The smallest absolute Gasteiger partial charge is 0.0175 e. The zero-order valence-corrected chi connectivity index (χ0v) is 14.0. The summed E-state index contributed by atoms with van der Waals surface area (Å²) in [6.07, 6.45) is 8.14. The molecule has 2 saturated carbocycles. The molecule has 2 bridgehead atoms. The number of nitrogens with one attached hydrogen (secondary N) is 1. The van der Waals surface area contributed by atoms with E-state index >= 15 is 0 Å². The molecule has 3 rings (SSSR count). The van der Waals surface area contributed by atoms with Gasteiger partial charge in [-0.25, -0.2) is 0 Å². The second kappa shape index (κ2) is 5.76. The summed E-state index contributed by atoms with van der Waals surface area (Å²) in [5.74, 6) is 0.948. The van der Waals surface area contributed by atoms with E-state index in [0.717, 1.165) is 12.0 Å². The largest absolute Gasteiger partial charge is 0.313 e. The van der Waals surface area contributed by atoms with Crippen molar-refractivity contribution in [2.75, 3.05) is 6.54 Å². The molecule has 2 aliphatic carbocycles. The minimum absolute atomic E-state index is 0.492. The lowest BCUT2D eigenvalue weighted by molar-refractivity contribution is 0.109. The predicted molar refractivity (Wildman–Crippen MR) is 90.4 cm³/mol. The molecule has 0 aliphatic heterocycles. The lowest BCUT2D eigenvalue weighted by Gasteiger charge is -2.43. The summed E-state index contributed by atoms with van der Waals surface area (Å²) in [7, 11) is 0. The maximum absolute atomic E-state index is 3.93. The molecule has 0 aromatic heterocycles. The Morgan fingerprint density at radius 2 is 1.86 bits per heavy atom. The van der Waals surface area contributed by atoms with Crippen molar-refractivity contribution < 1.29 is 0 Å². The molecule has 0 spiro atoms. The fourth-order valence-corrected chi connectivity index (χ4v) is 5.16. The summed E-state index contributed by atoms with van der Waals surface area (Å²) in [4.78, 5) is 0. The van der Waals surface area contributed by atoms with E-state index in [0.29, 0.717) is 10.8 Å². The molecule has 0 amide bonds. The van der Waals surface area contributed by atoms with Gasteiger partial charge in [-0.15, -0.1) is 0 Å². The molecule has 1 heteroatoms. The van der Waals surface area contributed by atoms with Gasteiger partial charge in [0.1, 0.15) is 0 Å². The first-order valence-corrected chi connectivity index (χ1v) is 8.80. The highest BCUT2D eigenvalue weighted by Crippen LogP contribution is 2.62. The van der Waals surface area contributed by atoms with Gasteiger partial charge in [-0.2, -0.15) is 0 Å². The number of unbranched alkanes of at least 4 members (excludes halogenated alkanes) is 1. The van der Waals surface area contributed by atoms with E-state index < -0.39 is 0 Å². The van der Waals surface area contributed by atoms with Gasteiger partial charge in [0.25, 0.3) is 0 Å². The molecule has 1 aromatic carbocycles. The summed E-state index contributed by atoms with van der Waals surface area (Å²) in [6, 6.07) is 11.6. The zero-order chi connectivity index (χ0) is 14.9. The van der Waals surface area contributed by atoms with Gasteiger partial charge in [0.05, 0.1) is 0 Å². The van der Waals surface area contributed by atoms with Crippen LogP contribution in [-0.2, 0) is 6.42 Å². The Balaban J connectivity index is 1.43. The van der Waals surface area contributed by atoms with Crippen molar-refractivity contribution in [1.29, 1.82) is 0 Å². The first-order chi connectivity index (χ1) is 10.0. The normalized spacial score (nSPS) is 33.5. The van der Waals surface area contributed by atoms with Crippen LogP contribution in [0.15, 0.2) is 30.3 Å². The minimum Gasteiger partial charge on any atom is -0.313 e. The highest BCUT2D eigenvalue weighted by Gasteiger charge is 2.58. The lowest BCUT2D eigenvalue weighted by Crippen LogP contribution is -2.50. The highest BCUT2D eigenvalue weighted by atomic mass is 15.0. The summed E-state index contributed by atoms with van der Waals surface area (Å²) in [5.41, 5.74) is 2.53. The average molecular weight is 285 g/mol. The van der Waals surface area contributed by atoms with Gasteiger partial charge >= 0.3 is 0 Å². The van der Waals surface area contributed by atoms with Crippen LogP contribution in [0, 0.1) is 16.7 Å². The van der Waals surface area contributed by atoms with Crippen LogP contribution in [-0.4, -0.2) is 12.6 Å². The number of fused-ring (bicyclic) bond motifs is 2. The van der Waals surface area contributed by atoms with E-state index in [2.05, 4.69) is 56.4 Å². The molecule has 2 aliphatic rings. The molecule has 0 saturated heterocycles. The Labute approximate surface area is 130 Å². The first-order valence-electron chi connectivity index (χ1n) is 8.80. The highest BCUT2D eigenvalue weighted by molar-refractivity contribution is 5.14. The van der Waals surface area contributed by atoms with Gasteiger partial charge in [-0.05, 0) is 67.4 Å². The summed E-state index contributed by atoms with van der Waals surface area (Å²) in [5, 5.41) is 3.93. The fraction of sp³-hybridized carbons (Fsp3) is 0.700. The van der Waals surface area contributed by atoms with Gasteiger partial charge in [-0.3, -0.25) is 0 Å². The summed E-state index contributed by atoms with van der Waals surface area (Å²) in [6.45, 7) is 8.68. The number of hydrogen-bond donors (Lipinski definition) is 1. The average Bonchev–Trinajstić information content (AvgIpc) is 2.94. The van der Waals surface area contributed by atoms with E-state index in [1.165, 1.54) is 50.6 Å². The van der Waals surface area contributed by atoms with Gasteiger partial charge < -0.3 is 5.32 Å². The molecular weight excluding hydrogens is 254 g/mol. The third-order valence-corrected chi connectivity index (χ3v) is 6.35. The van der Waals surface area contributed by atoms with E-state index in [4.69, 9.17) is 0 Å². The molecule has 1 aromatic rings. The van der Waals surface area contributed by atoms with Crippen molar-refractivity contribution in [3.05, 3.63) is 35.9 Å². The molecule has 116 valence electrons. The SMILES string of the molecule is CC12CCC(C1)C(C)(C)C2NCCCCc1ccccc1. The van der Waals surface area contributed by atoms with Crippen molar-refractivity contribution >= 4 is 0 Å². The van der Waals surface area contributed by atoms with Crippen LogP contribution >= 0.6 is 0 Å². The molecular formula is C20H31N. The van der Waals surface area contributed by atoms with Crippen molar-refractivity contribution in [2.24, 2.45) is 16.7 Å². The monoisotopic (exact) mass is 285 g/mol. The fourth-order valence-electron chi connectivity index (χ4n) is 5.16. The predicted octanol–water partition coefficient (Wildman–Crippen LogP) is 4.81. The van der Waals surface area contributed by atoms with E-state index in [1.54, 1.807) is 0 Å². The van der Waals surface area contributed by atoms with Crippen LogP contribution in [0.25, 0.3) is 0 Å². The van der Waals surface area contributed by atoms with Crippen molar-refractivity contribution in [3.8, 4) is 0 Å². The van der Waals surface area contributed by atoms with E-state index in [1.807, 2.05) is 0 Å². The van der Waals surface area contributed by atoms with Crippen LogP contribution in [0.5, 0.6) is 0 Å². The molecule has 0 heterocycles. The standard InChI is InChI=1S/C20H31N/c1-19(2)17-12-13-20(3,15-17)18(19)21-14-8-7-11-16-9-5-4-6-10-16/h4-6,9-10,17-18,21H,7-8,11-15H2,1-3H3. The molecule has 1 nitrogen and oxygen atoms in total. The molecule has 3 atom stereocenters. The Kier molecular flexibility index (Phi) is 4.14. The van der Waals surface area contributed by atoms with Crippen LogP contribution in [0.2, 0.25) is 0 Å². The molecule has 21 heavy (non-hydrogen) atoms. The summed E-state index contributed by atoms with van der Waals surface area (Å²) >= 11 is 0. The molecule has 1 N–H and O–H groups in total. The number of hydrogen-bond acceptors (Lipinski definition) is 1. The maximum atomic E-state index is 3.93. The van der Waals surface area contributed by atoms with Crippen LogP contribution in [0.4, 0.5) is 0 Å². The Bertz CT molecular complexity index is 459. The molecule has 2 fully saturated rings. The topological polar surface area (TPSA) is 12.0 Å². The second-order valence-electron chi connectivity index (χ2n) is 8.24. The van der Waals surface area contributed by atoms with E-state index in [-0.39, 0.29) is 0 Å². The van der Waals surface area contributed by atoms with Gasteiger partial charge in [0.2, 0.25) is 0 Å². The number of benzene rings is 1. The van der Waals surface area contributed by atoms with Gasteiger partial charge in [-0.1, -0.05) is 51.1 Å². The third kappa shape index (κ3) is 2.90. The van der Waals surface area contributed by atoms with Crippen molar-refractivity contribution in [1.82, 2.24) is 5.32 Å². The number of aryl methyl sites for hydroxylation is 1. The van der Waals surface area contributed by atoms with E-state index in [9.17, 15) is 0 Å². The Morgan fingerprint density at radius 3 is 2.52 bits per heavy atom. The van der Waals surface area contributed by atoms with Gasteiger partial charge in [0.15, 0.2) is 0 Å². The molecule has 0 radical (unpaired) electrons. The minimum atomic E-state index is 0.492. The van der Waals surface area contributed by atoms with Crippen molar-refractivity contribution in [3.63, 3.8) is 0 Å². The number of rotatable bonds is 6. The Morgan fingerprint density at radius 1 is 1.10 bits per heavy atom. The summed E-state index contributed by atoms with van der Waals surface area (Å²) < 4.78 is 0. The van der Waals surface area contributed by atoms with Crippen LogP contribution in [0.3, 0.4) is 0 Å². The van der Waals surface area contributed by atoms with Gasteiger partial charge in [0, 0.05) is 6.04 Å². The third-order valence-electron chi connectivity index (χ3n) is 6.35.